The standard InChI is InChI=1S/C17H26N4O3/c1-11-13(17(2,3)14(11)24-4)21-16(23)20-9-8-19-15(22)12-6-5-7-18-10-12/h5-7,10-11,13-14H,8-9H2,1-4H3,(H,19,22)(H2,20,21,23)/t11-,13-,14+/m0/s1. The van der Waals surface area contributed by atoms with Crippen LogP contribution >= 0.6 is 0 Å². The molecule has 0 aliphatic heterocycles. The van der Waals surface area contributed by atoms with Gasteiger partial charge in [0.2, 0.25) is 0 Å². The van der Waals surface area contributed by atoms with Crippen molar-refractivity contribution in [3.8, 4) is 0 Å². The van der Waals surface area contributed by atoms with Gasteiger partial charge < -0.3 is 20.7 Å². The van der Waals surface area contributed by atoms with Crippen LogP contribution in [0.3, 0.4) is 0 Å². The van der Waals surface area contributed by atoms with E-state index < -0.39 is 0 Å². The molecule has 1 saturated carbocycles. The van der Waals surface area contributed by atoms with Crippen LogP contribution in [-0.2, 0) is 4.74 Å². The van der Waals surface area contributed by atoms with Gasteiger partial charge in [0.15, 0.2) is 0 Å². The minimum Gasteiger partial charge on any atom is -0.380 e. The van der Waals surface area contributed by atoms with E-state index in [1.165, 1.54) is 6.20 Å². The second kappa shape index (κ2) is 7.61. The third-order valence-corrected chi connectivity index (χ3v) is 4.70. The molecule has 0 saturated heterocycles. The highest BCUT2D eigenvalue weighted by molar-refractivity contribution is 5.93. The molecule has 24 heavy (non-hydrogen) atoms. The fourth-order valence-electron chi connectivity index (χ4n) is 3.57. The van der Waals surface area contributed by atoms with E-state index in [-0.39, 0.29) is 35.4 Å². The van der Waals surface area contributed by atoms with E-state index in [2.05, 4.69) is 41.7 Å². The van der Waals surface area contributed by atoms with Crippen molar-refractivity contribution >= 4 is 11.9 Å². The monoisotopic (exact) mass is 334 g/mol. The summed E-state index contributed by atoms with van der Waals surface area (Å²) < 4.78 is 5.47. The summed E-state index contributed by atoms with van der Waals surface area (Å²) in [6.45, 7) is 6.94. The molecule has 3 atom stereocenters. The SMILES string of the molecule is CO[C@@H]1[C@@H](C)[C@H](NC(=O)NCCNC(=O)c2cccnc2)C1(C)C. The van der Waals surface area contributed by atoms with Gasteiger partial charge in [-0.05, 0) is 12.1 Å². The highest BCUT2D eigenvalue weighted by atomic mass is 16.5. The van der Waals surface area contributed by atoms with Crippen LogP contribution in [-0.4, -0.2) is 49.3 Å². The first-order chi connectivity index (χ1) is 11.4. The zero-order valence-corrected chi connectivity index (χ0v) is 14.6. The lowest BCUT2D eigenvalue weighted by Crippen LogP contribution is -2.68. The Hall–Kier alpha value is -2.15. The van der Waals surface area contributed by atoms with Crippen LogP contribution < -0.4 is 16.0 Å². The number of urea groups is 1. The first-order valence-corrected chi connectivity index (χ1v) is 8.13. The molecule has 1 aliphatic carbocycles. The summed E-state index contributed by atoms with van der Waals surface area (Å²) in [6.07, 6.45) is 3.25. The predicted octanol–water partition coefficient (Wildman–Crippen LogP) is 1.17. The second-order valence-electron chi connectivity index (χ2n) is 6.71. The number of hydrogen-bond acceptors (Lipinski definition) is 4. The largest absolute Gasteiger partial charge is 0.380 e. The summed E-state index contributed by atoms with van der Waals surface area (Å²) in [5, 5.41) is 8.48. The molecule has 1 aromatic rings. The van der Waals surface area contributed by atoms with Crippen molar-refractivity contribution in [2.24, 2.45) is 11.3 Å². The van der Waals surface area contributed by atoms with E-state index in [0.29, 0.717) is 18.7 Å². The topological polar surface area (TPSA) is 92.4 Å². The quantitative estimate of drug-likeness (QED) is 0.681. The maximum Gasteiger partial charge on any atom is 0.315 e. The highest BCUT2D eigenvalue weighted by Gasteiger charge is 2.55. The Morgan fingerprint density at radius 1 is 1.29 bits per heavy atom. The number of hydrogen-bond donors (Lipinski definition) is 3. The summed E-state index contributed by atoms with van der Waals surface area (Å²) in [5.41, 5.74) is 0.401. The van der Waals surface area contributed by atoms with Gasteiger partial charge in [-0.3, -0.25) is 9.78 Å². The summed E-state index contributed by atoms with van der Waals surface area (Å²) in [6, 6.07) is 3.22. The second-order valence-corrected chi connectivity index (χ2v) is 6.71. The summed E-state index contributed by atoms with van der Waals surface area (Å²) in [4.78, 5) is 27.7. The fraction of sp³-hybridized carbons (Fsp3) is 0.588. The summed E-state index contributed by atoms with van der Waals surface area (Å²) in [7, 11) is 1.70. The normalized spacial score (nSPS) is 24.6. The lowest BCUT2D eigenvalue weighted by molar-refractivity contribution is -0.140. The summed E-state index contributed by atoms with van der Waals surface area (Å²) >= 11 is 0. The minimum atomic E-state index is -0.231. The number of carbonyl (C=O) groups excluding carboxylic acids is 2. The average molecular weight is 334 g/mol. The number of ether oxygens (including phenoxy) is 1. The average Bonchev–Trinajstić information content (AvgIpc) is 2.57. The van der Waals surface area contributed by atoms with Crippen molar-refractivity contribution in [1.82, 2.24) is 20.9 Å². The van der Waals surface area contributed by atoms with E-state index in [1.807, 2.05) is 0 Å². The van der Waals surface area contributed by atoms with Crippen LogP contribution in [0.2, 0.25) is 0 Å². The molecule has 7 heteroatoms. The van der Waals surface area contributed by atoms with Gasteiger partial charge in [-0.1, -0.05) is 20.8 Å². The molecule has 2 rings (SSSR count). The number of nitrogens with zero attached hydrogens (tertiary/aromatic N) is 1. The number of pyridine rings is 1. The molecular formula is C17H26N4O3. The van der Waals surface area contributed by atoms with Crippen LogP contribution in [0, 0.1) is 11.3 Å². The molecule has 0 spiro atoms. The number of rotatable bonds is 6. The number of aromatic nitrogens is 1. The van der Waals surface area contributed by atoms with Crippen molar-refractivity contribution in [3.05, 3.63) is 30.1 Å². The Kier molecular flexibility index (Phi) is 5.77. The van der Waals surface area contributed by atoms with Crippen LogP contribution in [0.1, 0.15) is 31.1 Å². The molecular weight excluding hydrogens is 308 g/mol. The van der Waals surface area contributed by atoms with Crippen molar-refractivity contribution in [1.29, 1.82) is 0 Å². The number of amides is 3. The summed E-state index contributed by atoms with van der Waals surface area (Å²) in [5.74, 6) is 0.0584. The Morgan fingerprint density at radius 2 is 2.00 bits per heavy atom. The van der Waals surface area contributed by atoms with Gasteiger partial charge in [0.05, 0.1) is 11.7 Å². The molecule has 1 heterocycles. The van der Waals surface area contributed by atoms with Gasteiger partial charge in [-0.25, -0.2) is 4.79 Å². The van der Waals surface area contributed by atoms with Crippen molar-refractivity contribution in [2.75, 3.05) is 20.2 Å². The van der Waals surface area contributed by atoms with Gasteiger partial charge in [-0.15, -0.1) is 0 Å². The maximum atomic E-state index is 12.0. The molecule has 7 nitrogen and oxygen atoms in total. The van der Waals surface area contributed by atoms with E-state index in [9.17, 15) is 9.59 Å². The van der Waals surface area contributed by atoms with E-state index in [1.54, 1.807) is 25.4 Å². The van der Waals surface area contributed by atoms with E-state index in [4.69, 9.17) is 4.74 Å². The minimum absolute atomic E-state index is 0.0624. The molecule has 1 aromatic heterocycles. The molecule has 0 unspecified atom stereocenters. The van der Waals surface area contributed by atoms with Crippen molar-refractivity contribution < 1.29 is 14.3 Å². The van der Waals surface area contributed by atoms with Crippen LogP contribution in [0.15, 0.2) is 24.5 Å². The number of methoxy groups -OCH3 is 1. The molecule has 0 radical (unpaired) electrons. The molecule has 1 aliphatic rings. The fourth-order valence-corrected chi connectivity index (χ4v) is 3.57. The molecule has 0 aromatic carbocycles. The third kappa shape index (κ3) is 3.84. The van der Waals surface area contributed by atoms with Crippen LogP contribution in [0.5, 0.6) is 0 Å². The lowest BCUT2D eigenvalue weighted by Gasteiger charge is -2.56. The zero-order chi connectivity index (χ0) is 17.7. The van der Waals surface area contributed by atoms with Gasteiger partial charge in [0.25, 0.3) is 5.91 Å². The zero-order valence-electron chi connectivity index (χ0n) is 14.6. The third-order valence-electron chi connectivity index (χ3n) is 4.70. The highest BCUT2D eigenvalue weighted by Crippen LogP contribution is 2.46. The van der Waals surface area contributed by atoms with E-state index >= 15 is 0 Å². The smallest absolute Gasteiger partial charge is 0.315 e. The van der Waals surface area contributed by atoms with Crippen LogP contribution in [0.4, 0.5) is 4.79 Å². The first kappa shape index (κ1) is 18.2. The first-order valence-electron chi connectivity index (χ1n) is 8.13. The Balaban J connectivity index is 1.68. The molecule has 3 N–H and O–H groups in total. The van der Waals surface area contributed by atoms with Gasteiger partial charge in [0, 0.05) is 50.0 Å². The Bertz CT molecular complexity index is 576. The molecule has 1 fully saturated rings. The molecule has 3 amide bonds. The molecule has 0 bridgehead atoms. The van der Waals surface area contributed by atoms with Crippen molar-refractivity contribution in [3.63, 3.8) is 0 Å². The molecule has 132 valence electrons. The Morgan fingerprint density at radius 3 is 2.58 bits per heavy atom. The van der Waals surface area contributed by atoms with Gasteiger partial charge in [-0.2, -0.15) is 0 Å². The van der Waals surface area contributed by atoms with Gasteiger partial charge in [0.1, 0.15) is 0 Å². The van der Waals surface area contributed by atoms with Crippen LogP contribution in [0.25, 0.3) is 0 Å². The predicted molar refractivity (Wildman–Crippen MR) is 90.6 cm³/mol. The van der Waals surface area contributed by atoms with E-state index in [0.717, 1.165) is 0 Å². The van der Waals surface area contributed by atoms with Crippen molar-refractivity contribution in [2.45, 2.75) is 32.9 Å². The lowest BCUT2D eigenvalue weighted by atomic mass is 9.58. The number of nitrogens with one attached hydrogen (secondary N) is 3. The Labute approximate surface area is 142 Å². The number of carbonyl (C=O) groups is 2. The van der Waals surface area contributed by atoms with Gasteiger partial charge >= 0.3 is 6.03 Å². The maximum absolute atomic E-state index is 12.0.